The molecule has 72 valence electrons. The summed E-state index contributed by atoms with van der Waals surface area (Å²) >= 11 is 0. The van der Waals surface area contributed by atoms with Crippen LogP contribution in [0.15, 0.2) is 24.4 Å². The van der Waals surface area contributed by atoms with Gasteiger partial charge in [-0.05, 0) is 12.1 Å². The lowest BCUT2D eigenvalue weighted by Gasteiger charge is -2.00. The Kier molecular flexibility index (Phi) is 1.85. The van der Waals surface area contributed by atoms with E-state index >= 15 is 0 Å². The van der Waals surface area contributed by atoms with Gasteiger partial charge >= 0.3 is 0 Å². The molecule has 1 heterocycles. The minimum absolute atomic E-state index is 0.0318. The number of nitro benzene ring substituents is 1. The van der Waals surface area contributed by atoms with E-state index in [1.165, 1.54) is 13.2 Å². The first-order valence-corrected chi connectivity index (χ1v) is 4.02. The maximum atomic E-state index is 10.7. The molecule has 0 radical (unpaired) electrons. The van der Waals surface area contributed by atoms with Crippen molar-refractivity contribution in [1.29, 1.82) is 0 Å². The summed E-state index contributed by atoms with van der Waals surface area (Å²) in [7, 11) is 1.48. The molecule has 5 nitrogen and oxygen atoms in total. The molecule has 0 amide bonds. The van der Waals surface area contributed by atoms with E-state index in [1.54, 1.807) is 18.3 Å². The van der Waals surface area contributed by atoms with E-state index in [0.29, 0.717) is 11.3 Å². The lowest BCUT2D eigenvalue weighted by atomic mass is 10.2. The molecule has 0 bridgehead atoms. The summed E-state index contributed by atoms with van der Waals surface area (Å²) < 4.78 is 4.96. The van der Waals surface area contributed by atoms with Crippen LogP contribution in [-0.2, 0) is 0 Å². The third kappa shape index (κ3) is 1.19. The Hall–Kier alpha value is -2.04. The average Bonchev–Trinajstić information content (AvgIpc) is 2.63. The number of aromatic nitrogens is 1. The predicted molar refractivity (Wildman–Crippen MR) is 51.5 cm³/mol. The van der Waals surface area contributed by atoms with Crippen molar-refractivity contribution in [3.8, 4) is 5.75 Å². The Balaban J connectivity index is 2.76. The van der Waals surface area contributed by atoms with Crippen LogP contribution >= 0.6 is 0 Å². The Bertz CT molecular complexity index is 490. The number of methoxy groups -OCH3 is 1. The summed E-state index contributed by atoms with van der Waals surface area (Å²) in [5.41, 5.74) is 0.556. The number of non-ortho nitro benzene ring substituents is 1. The second kappa shape index (κ2) is 3.02. The largest absolute Gasteiger partial charge is 0.496 e. The third-order valence-electron chi connectivity index (χ3n) is 2.04. The maximum absolute atomic E-state index is 10.7. The van der Waals surface area contributed by atoms with E-state index in [2.05, 4.69) is 4.98 Å². The van der Waals surface area contributed by atoms with E-state index in [9.17, 15) is 10.1 Å². The summed E-state index contributed by atoms with van der Waals surface area (Å²) in [5, 5.41) is 11.5. The van der Waals surface area contributed by atoms with Gasteiger partial charge in [0.05, 0.1) is 18.1 Å². The molecule has 1 aromatic heterocycles. The minimum Gasteiger partial charge on any atom is -0.496 e. The molecule has 0 aliphatic rings. The molecule has 2 aromatic rings. The first-order chi connectivity index (χ1) is 6.72. The third-order valence-corrected chi connectivity index (χ3v) is 2.04. The van der Waals surface area contributed by atoms with Gasteiger partial charge in [-0.15, -0.1) is 0 Å². The fourth-order valence-electron chi connectivity index (χ4n) is 1.39. The standard InChI is InChI=1S/C9H8N2O3/c1-14-7-4-6-2-3-10-9(6)8(5-7)11(12)13/h2-5,10H,1H3. The molecule has 0 aliphatic heterocycles. The Morgan fingerprint density at radius 3 is 2.93 bits per heavy atom. The van der Waals surface area contributed by atoms with Crippen LogP contribution in [0.4, 0.5) is 5.69 Å². The average molecular weight is 192 g/mol. The van der Waals surface area contributed by atoms with Crippen molar-refractivity contribution in [2.24, 2.45) is 0 Å². The van der Waals surface area contributed by atoms with Crippen molar-refractivity contribution in [2.45, 2.75) is 0 Å². The highest BCUT2D eigenvalue weighted by Crippen LogP contribution is 2.29. The molecular formula is C9H8N2O3. The number of nitro groups is 1. The molecule has 1 N–H and O–H groups in total. The molecule has 0 fully saturated rings. The normalized spacial score (nSPS) is 10.4. The number of nitrogens with zero attached hydrogens (tertiary/aromatic N) is 1. The number of benzene rings is 1. The van der Waals surface area contributed by atoms with Crippen LogP contribution in [0, 0.1) is 10.1 Å². The van der Waals surface area contributed by atoms with Crippen LogP contribution in [0.2, 0.25) is 0 Å². The SMILES string of the molecule is COc1cc([N+](=O)[O-])c2[nH]ccc2c1. The van der Waals surface area contributed by atoms with E-state index < -0.39 is 4.92 Å². The smallest absolute Gasteiger partial charge is 0.296 e. The molecule has 0 unspecified atom stereocenters. The highest BCUT2D eigenvalue weighted by atomic mass is 16.6. The summed E-state index contributed by atoms with van der Waals surface area (Å²) in [4.78, 5) is 13.1. The van der Waals surface area contributed by atoms with Crippen molar-refractivity contribution >= 4 is 16.6 Å². The number of H-pyrrole nitrogens is 1. The summed E-state index contributed by atoms with van der Waals surface area (Å²) in [6.07, 6.45) is 1.66. The van der Waals surface area contributed by atoms with Gasteiger partial charge < -0.3 is 9.72 Å². The number of ether oxygens (including phenoxy) is 1. The number of fused-ring (bicyclic) bond motifs is 1. The topological polar surface area (TPSA) is 68.2 Å². The van der Waals surface area contributed by atoms with Crippen molar-refractivity contribution in [2.75, 3.05) is 7.11 Å². The summed E-state index contributed by atoms with van der Waals surface area (Å²) in [6, 6.07) is 4.92. The Morgan fingerprint density at radius 1 is 1.50 bits per heavy atom. The van der Waals surface area contributed by atoms with Crippen molar-refractivity contribution < 1.29 is 9.66 Å². The number of hydrogen-bond acceptors (Lipinski definition) is 3. The zero-order valence-corrected chi connectivity index (χ0v) is 7.48. The van der Waals surface area contributed by atoms with Gasteiger partial charge in [-0.1, -0.05) is 0 Å². The van der Waals surface area contributed by atoms with E-state index in [1.807, 2.05) is 0 Å². The number of nitrogens with one attached hydrogen (secondary N) is 1. The van der Waals surface area contributed by atoms with Gasteiger partial charge in [0.1, 0.15) is 11.3 Å². The van der Waals surface area contributed by atoms with E-state index in [-0.39, 0.29) is 5.69 Å². The second-order valence-corrected chi connectivity index (χ2v) is 2.85. The highest BCUT2D eigenvalue weighted by Gasteiger charge is 2.14. The minimum atomic E-state index is -0.429. The molecule has 2 rings (SSSR count). The van der Waals surface area contributed by atoms with Crippen LogP contribution in [0.1, 0.15) is 0 Å². The molecular weight excluding hydrogens is 184 g/mol. The van der Waals surface area contributed by atoms with Crippen LogP contribution in [0.5, 0.6) is 5.75 Å². The van der Waals surface area contributed by atoms with Gasteiger partial charge in [0, 0.05) is 11.6 Å². The van der Waals surface area contributed by atoms with Gasteiger partial charge in [0.25, 0.3) is 5.69 Å². The molecule has 0 spiro atoms. The monoisotopic (exact) mass is 192 g/mol. The summed E-state index contributed by atoms with van der Waals surface area (Å²) in [5.74, 6) is 0.490. The number of rotatable bonds is 2. The van der Waals surface area contributed by atoms with Gasteiger partial charge in [0.2, 0.25) is 0 Å². The predicted octanol–water partition coefficient (Wildman–Crippen LogP) is 2.08. The quantitative estimate of drug-likeness (QED) is 0.585. The van der Waals surface area contributed by atoms with Crippen molar-refractivity contribution in [3.05, 3.63) is 34.5 Å². The number of aromatic amines is 1. The number of hydrogen-bond donors (Lipinski definition) is 1. The van der Waals surface area contributed by atoms with Crippen LogP contribution in [0.25, 0.3) is 10.9 Å². The highest BCUT2D eigenvalue weighted by molar-refractivity contribution is 5.89. The zero-order valence-electron chi connectivity index (χ0n) is 7.48. The van der Waals surface area contributed by atoms with Gasteiger partial charge in [-0.2, -0.15) is 0 Å². The Morgan fingerprint density at radius 2 is 2.29 bits per heavy atom. The molecule has 0 atom stereocenters. The van der Waals surface area contributed by atoms with Crippen LogP contribution in [0.3, 0.4) is 0 Å². The van der Waals surface area contributed by atoms with Gasteiger partial charge in [-0.25, -0.2) is 0 Å². The van der Waals surface area contributed by atoms with Crippen molar-refractivity contribution in [1.82, 2.24) is 4.98 Å². The molecule has 0 saturated heterocycles. The molecule has 14 heavy (non-hydrogen) atoms. The fourth-order valence-corrected chi connectivity index (χ4v) is 1.39. The van der Waals surface area contributed by atoms with E-state index in [0.717, 1.165) is 5.39 Å². The Labute approximate surface area is 79.5 Å². The summed E-state index contributed by atoms with van der Waals surface area (Å²) in [6.45, 7) is 0. The second-order valence-electron chi connectivity index (χ2n) is 2.85. The molecule has 5 heteroatoms. The lowest BCUT2D eigenvalue weighted by Crippen LogP contribution is -1.91. The first kappa shape index (κ1) is 8.55. The van der Waals surface area contributed by atoms with Crippen molar-refractivity contribution in [3.63, 3.8) is 0 Å². The molecule has 0 aliphatic carbocycles. The maximum Gasteiger partial charge on any atom is 0.296 e. The van der Waals surface area contributed by atoms with E-state index in [4.69, 9.17) is 4.74 Å². The fraction of sp³-hybridized carbons (Fsp3) is 0.111. The van der Waals surface area contributed by atoms with Gasteiger partial charge in [0.15, 0.2) is 0 Å². The van der Waals surface area contributed by atoms with Crippen LogP contribution < -0.4 is 4.74 Å². The zero-order chi connectivity index (χ0) is 10.1. The molecule has 0 saturated carbocycles. The molecule has 1 aromatic carbocycles. The first-order valence-electron chi connectivity index (χ1n) is 4.02. The van der Waals surface area contributed by atoms with Crippen LogP contribution in [-0.4, -0.2) is 17.0 Å². The lowest BCUT2D eigenvalue weighted by molar-refractivity contribution is -0.383. The van der Waals surface area contributed by atoms with Gasteiger partial charge in [-0.3, -0.25) is 10.1 Å².